The lowest BCUT2D eigenvalue weighted by Crippen LogP contribution is -2.40. The number of rotatable bonds is 5. The average Bonchev–Trinajstić information content (AvgIpc) is 3.18. The first-order valence-corrected chi connectivity index (χ1v) is 7.23. The Morgan fingerprint density at radius 1 is 1.32 bits per heavy atom. The molecule has 0 aliphatic heterocycles. The predicted molar refractivity (Wildman–Crippen MR) is 73.7 cm³/mol. The molecule has 0 radical (unpaired) electrons. The molecule has 2 N–H and O–H groups in total. The van der Waals surface area contributed by atoms with Gasteiger partial charge in [0.1, 0.15) is 0 Å². The van der Waals surface area contributed by atoms with Gasteiger partial charge in [-0.1, -0.05) is 30.3 Å². The highest BCUT2D eigenvalue weighted by molar-refractivity contribution is 5.82. The molecular weight excluding hydrogens is 238 g/mol. The number of hydrogen-bond donors (Lipinski definition) is 2. The van der Waals surface area contributed by atoms with Crippen LogP contribution in [-0.2, 0) is 4.79 Å². The Morgan fingerprint density at radius 2 is 2.05 bits per heavy atom. The van der Waals surface area contributed by atoms with Crippen LogP contribution in [0.2, 0.25) is 0 Å². The average molecular weight is 259 g/mol. The lowest BCUT2D eigenvalue weighted by Gasteiger charge is -2.36. The molecule has 0 saturated heterocycles. The molecule has 2 aliphatic carbocycles. The Hall–Kier alpha value is -1.35. The van der Waals surface area contributed by atoms with Gasteiger partial charge < -0.3 is 10.4 Å². The second-order valence-electron chi connectivity index (χ2n) is 5.98. The smallest absolute Gasteiger partial charge is 0.223 e. The van der Waals surface area contributed by atoms with E-state index in [1.165, 1.54) is 5.56 Å². The Kier molecular flexibility index (Phi) is 3.31. The summed E-state index contributed by atoms with van der Waals surface area (Å²) in [5.74, 6) is 0.684. The molecule has 1 aromatic carbocycles. The van der Waals surface area contributed by atoms with Gasteiger partial charge in [-0.3, -0.25) is 4.79 Å². The van der Waals surface area contributed by atoms with Crippen molar-refractivity contribution in [3.63, 3.8) is 0 Å². The fourth-order valence-electron chi connectivity index (χ4n) is 2.94. The van der Waals surface area contributed by atoms with Crippen molar-refractivity contribution in [2.45, 2.75) is 43.6 Å². The van der Waals surface area contributed by atoms with Gasteiger partial charge in [0.25, 0.3) is 0 Å². The van der Waals surface area contributed by atoms with Crippen LogP contribution in [0.1, 0.15) is 43.6 Å². The summed E-state index contributed by atoms with van der Waals surface area (Å²) in [4.78, 5) is 12.0. The molecule has 2 aliphatic rings. The summed E-state index contributed by atoms with van der Waals surface area (Å²) >= 11 is 0. The number of amides is 1. The van der Waals surface area contributed by atoms with Crippen molar-refractivity contribution in [2.24, 2.45) is 5.92 Å². The first kappa shape index (κ1) is 12.7. The summed E-state index contributed by atoms with van der Waals surface area (Å²) in [5.41, 5.74) is 0.774. The minimum atomic E-state index is -0.490. The second kappa shape index (κ2) is 4.97. The molecule has 1 amide bonds. The topological polar surface area (TPSA) is 49.3 Å². The van der Waals surface area contributed by atoms with E-state index < -0.39 is 5.60 Å². The van der Waals surface area contributed by atoms with E-state index in [2.05, 4.69) is 17.4 Å². The predicted octanol–water partition coefficient (Wildman–Crippen LogP) is 2.21. The van der Waals surface area contributed by atoms with Crippen molar-refractivity contribution in [1.29, 1.82) is 0 Å². The van der Waals surface area contributed by atoms with Crippen molar-refractivity contribution < 1.29 is 9.90 Å². The first-order valence-electron chi connectivity index (χ1n) is 7.23. The summed E-state index contributed by atoms with van der Waals surface area (Å²) in [7, 11) is 0. The minimum absolute atomic E-state index is 0.137. The van der Waals surface area contributed by atoms with Gasteiger partial charge in [-0.2, -0.15) is 0 Å². The summed E-state index contributed by atoms with van der Waals surface area (Å²) in [6.45, 7) is 0.605. The van der Waals surface area contributed by atoms with E-state index in [0.29, 0.717) is 18.9 Å². The van der Waals surface area contributed by atoms with Crippen LogP contribution in [0.3, 0.4) is 0 Å². The van der Waals surface area contributed by atoms with Gasteiger partial charge in [0, 0.05) is 12.5 Å². The van der Waals surface area contributed by atoms with Crippen LogP contribution in [0.4, 0.5) is 0 Å². The molecular formula is C16H21NO2. The molecule has 2 saturated carbocycles. The van der Waals surface area contributed by atoms with Gasteiger partial charge in [-0.25, -0.2) is 0 Å². The van der Waals surface area contributed by atoms with Crippen LogP contribution in [0.15, 0.2) is 30.3 Å². The largest absolute Gasteiger partial charge is 0.390 e. The SMILES string of the molecule is O=C(NCCC1(O)CCC1)[C@H]1C[C@@H]1c1ccccc1. The zero-order chi connectivity index (χ0) is 13.3. The van der Waals surface area contributed by atoms with Crippen molar-refractivity contribution in [1.82, 2.24) is 5.32 Å². The Morgan fingerprint density at radius 3 is 2.68 bits per heavy atom. The van der Waals surface area contributed by atoms with Gasteiger partial charge in [-0.15, -0.1) is 0 Å². The molecule has 2 atom stereocenters. The van der Waals surface area contributed by atoms with Crippen LogP contribution < -0.4 is 5.32 Å². The maximum atomic E-state index is 12.0. The van der Waals surface area contributed by atoms with E-state index in [1.807, 2.05) is 18.2 Å². The quantitative estimate of drug-likeness (QED) is 0.851. The molecule has 102 valence electrons. The lowest BCUT2D eigenvalue weighted by atomic mass is 9.78. The maximum absolute atomic E-state index is 12.0. The van der Waals surface area contributed by atoms with E-state index >= 15 is 0 Å². The van der Waals surface area contributed by atoms with Gasteiger partial charge in [-0.05, 0) is 43.6 Å². The zero-order valence-electron chi connectivity index (χ0n) is 11.1. The molecule has 3 nitrogen and oxygen atoms in total. The van der Waals surface area contributed by atoms with Gasteiger partial charge in [0.05, 0.1) is 5.60 Å². The molecule has 3 rings (SSSR count). The maximum Gasteiger partial charge on any atom is 0.223 e. The molecule has 0 spiro atoms. The third kappa shape index (κ3) is 2.81. The first-order chi connectivity index (χ1) is 9.18. The highest BCUT2D eigenvalue weighted by Crippen LogP contribution is 2.47. The molecule has 0 heterocycles. The van der Waals surface area contributed by atoms with Crippen LogP contribution in [0.5, 0.6) is 0 Å². The Balaban J connectivity index is 1.43. The lowest BCUT2D eigenvalue weighted by molar-refractivity contribution is -0.122. The minimum Gasteiger partial charge on any atom is -0.390 e. The van der Waals surface area contributed by atoms with E-state index in [1.54, 1.807) is 0 Å². The third-order valence-corrected chi connectivity index (χ3v) is 4.53. The summed E-state index contributed by atoms with van der Waals surface area (Å²) in [6, 6.07) is 10.2. The highest BCUT2D eigenvalue weighted by atomic mass is 16.3. The van der Waals surface area contributed by atoms with Crippen LogP contribution in [-0.4, -0.2) is 23.2 Å². The van der Waals surface area contributed by atoms with Gasteiger partial charge in [0.2, 0.25) is 5.91 Å². The third-order valence-electron chi connectivity index (χ3n) is 4.53. The normalized spacial score (nSPS) is 27.4. The number of aliphatic hydroxyl groups is 1. The molecule has 0 unspecified atom stereocenters. The highest BCUT2D eigenvalue weighted by Gasteiger charge is 2.43. The van der Waals surface area contributed by atoms with Crippen molar-refractivity contribution in [2.75, 3.05) is 6.54 Å². The van der Waals surface area contributed by atoms with E-state index in [4.69, 9.17) is 0 Å². The van der Waals surface area contributed by atoms with E-state index in [9.17, 15) is 9.90 Å². The van der Waals surface area contributed by atoms with Crippen molar-refractivity contribution >= 4 is 5.91 Å². The molecule has 3 heteroatoms. The fraction of sp³-hybridized carbons (Fsp3) is 0.562. The van der Waals surface area contributed by atoms with Crippen molar-refractivity contribution in [3.8, 4) is 0 Å². The summed E-state index contributed by atoms with van der Waals surface area (Å²) in [5, 5.41) is 12.9. The second-order valence-corrected chi connectivity index (χ2v) is 5.98. The number of carbonyl (C=O) groups is 1. The monoisotopic (exact) mass is 259 g/mol. The molecule has 2 fully saturated rings. The number of benzene rings is 1. The summed E-state index contributed by atoms with van der Waals surface area (Å²) < 4.78 is 0. The molecule has 0 aromatic heterocycles. The number of carbonyl (C=O) groups excluding carboxylic acids is 1. The zero-order valence-corrected chi connectivity index (χ0v) is 11.1. The molecule has 0 bridgehead atoms. The van der Waals surface area contributed by atoms with Crippen molar-refractivity contribution in [3.05, 3.63) is 35.9 Å². The van der Waals surface area contributed by atoms with Crippen LogP contribution in [0, 0.1) is 5.92 Å². The van der Waals surface area contributed by atoms with Gasteiger partial charge >= 0.3 is 0 Å². The molecule has 1 aromatic rings. The van der Waals surface area contributed by atoms with E-state index in [-0.39, 0.29) is 11.8 Å². The Bertz CT molecular complexity index is 453. The van der Waals surface area contributed by atoms with Gasteiger partial charge in [0.15, 0.2) is 0 Å². The molecule has 19 heavy (non-hydrogen) atoms. The standard InChI is InChI=1S/C16H21NO2/c18-15(17-10-9-16(19)7-4-8-16)14-11-13(14)12-5-2-1-3-6-12/h1-3,5-6,13-14,19H,4,7-11H2,(H,17,18)/t13-,14+/m1/s1. The van der Waals surface area contributed by atoms with E-state index in [0.717, 1.165) is 25.7 Å². The Labute approximate surface area is 114 Å². The fourth-order valence-corrected chi connectivity index (χ4v) is 2.94. The number of hydrogen-bond acceptors (Lipinski definition) is 2. The van der Waals surface area contributed by atoms with Crippen LogP contribution in [0.25, 0.3) is 0 Å². The van der Waals surface area contributed by atoms with Crippen LogP contribution >= 0.6 is 0 Å². The number of nitrogens with one attached hydrogen (secondary N) is 1. The summed E-state index contributed by atoms with van der Waals surface area (Å²) in [6.07, 6.45) is 4.54.